The summed E-state index contributed by atoms with van der Waals surface area (Å²) in [6.45, 7) is 0.749. The summed E-state index contributed by atoms with van der Waals surface area (Å²) in [5.74, 6) is 0.731. The summed E-state index contributed by atoms with van der Waals surface area (Å²) in [4.78, 5) is 12.2. The van der Waals surface area contributed by atoms with E-state index in [2.05, 4.69) is 5.10 Å². The molecule has 118 valence electrons. The number of hydrogen-bond donors (Lipinski definition) is 0. The van der Waals surface area contributed by atoms with Crippen LogP contribution in [0, 0.1) is 0 Å². The maximum atomic E-state index is 12.7. The summed E-state index contributed by atoms with van der Waals surface area (Å²) in [5, 5.41) is 3.88. The second kappa shape index (κ2) is 5.46. The van der Waals surface area contributed by atoms with Crippen LogP contribution in [0.25, 0.3) is 0 Å². The Hall–Kier alpha value is -1.76. The normalized spacial score (nSPS) is 14.9. The summed E-state index contributed by atoms with van der Waals surface area (Å²) >= 11 is 5.69. The molecule has 1 aliphatic heterocycles. The second-order valence-corrected chi connectivity index (χ2v) is 5.68. The number of benzene rings is 1. The van der Waals surface area contributed by atoms with E-state index in [0.29, 0.717) is 12.1 Å². The maximum absolute atomic E-state index is 12.7. The highest BCUT2D eigenvalue weighted by molar-refractivity contribution is 6.31. The molecule has 1 aromatic carbocycles. The number of alkyl halides is 3. The Morgan fingerprint density at radius 3 is 2.68 bits per heavy atom. The average molecular weight is 332 g/mol. The van der Waals surface area contributed by atoms with Crippen LogP contribution in [0.4, 0.5) is 13.2 Å². The molecule has 1 aromatic heterocycles. The largest absolute Gasteiger partial charge is 0.417 e. The van der Waals surface area contributed by atoms with Crippen molar-refractivity contribution < 1.29 is 13.2 Å². The predicted molar refractivity (Wildman–Crippen MR) is 75.0 cm³/mol. The van der Waals surface area contributed by atoms with Crippen LogP contribution >= 0.6 is 11.6 Å². The van der Waals surface area contributed by atoms with Gasteiger partial charge in [0.25, 0.3) is 0 Å². The van der Waals surface area contributed by atoms with Gasteiger partial charge in [-0.1, -0.05) is 17.7 Å². The number of rotatable bonds is 2. The van der Waals surface area contributed by atoms with E-state index in [0.717, 1.165) is 31.2 Å². The van der Waals surface area contributed by atoms with Crippen LogP contribution in [0.5, 0.6) is 0 Å². The maximum Gasteiger partial charge on any atom is 0.417 e. The third kappa shape index (κ3) is 2.77. The van der Waals surface area contributed by atoms with Crippen molar-refractivity contribution in [2.24, 2.45) is 0 Å². The highest BCUT2D eigenvalue weighted by Crippen LogP contribution is 2.34. The molecule has 0 atom stereocenters. The van der Waals surface area contributed by atoms with Gasteiger partial charge in [-0.05, 0) is 30.5 Å². The van der Waals surface area contributed by atoms with Gasteiger partial charge in [0.2, 0.25) is 0 Å². The zero-order valence-electron chi connectivity index (χ0n) is 11.5. The fraction of sp³-hybridized carbons (Fsp3) is 0.429. The molecular formula is C14H13ClF3N3O. The highest BCUT2D eigenvalue weighted by atomic mass is 35.5. The van der Waals surface area contributed by atoms with Crippen molar-refractivity contribution >= 4 is 11.6 Å². The predicted octanol–water partition coefficient (Wildman–Crippen LogP) is 3.10. The van der Waals surface area contributed by atoms with E-state index in [4.69, 9.17) is 11.6 Å². The Balaban J connectivity index is 1.90. The fourth-order valence-corrected chi connectivity index (χ4v) is 2.92. The van der Waals surface area contributed by atoms with Gasteiger partial charge in [0.05, 0.1) is 17.1 Å². The molecule has 22 heavy (non-hydrogen) atoms. The Morgan fingerprint density at radius 2 is 2.05 bits per heavy atom. The van der Waals surface area contributed by atoms with E-state index in [9.17, 15) is 18.0 Å². The summed E-state index contributed by atoms with van der Waals surface area (Å²) in [6, 6.07) is 3.48. The number of halogens is 4. The summed E-state index contributed by atoms with van der Waals surface area (Å²) < 4.78 is 40.9. The van der Waals surface area contributed by atoms with Crippen LogP contribution in [0.2, 0.25) is 5.02 Å². The number of aryl methyl sites for hydroxylation is 1. The molecule has 2 aromatic rings. The SMILES string of the molecule is O=c1n(Cc2ccc(C(F)(F)F)c(Cl)c2)nc2n1CCCC2. The number of nitrogens with zero attached hydrogens (tertiary/aromatic N) is 3. The van der Waals surface area contributed by atoms with Gasteiger partial charge in [0, 0.05) is 13.0 Å². The van der Waals surface area contributed by atoms with Crippen LogP contribution in [0.15, 0.2) is 23.0 Å². The van der Waals surface area contributed by atoms with E-state index in [-0.39, 0.29) is 17.3 Å². The minimum absolute atomic E-state index is 0.108. The topological polar surface area (TPSA) is 39.8 Å². The zero-order chi connectivity index (χ0) is 15.9. The Morgan fingerprint density at radius 1 is 1.27 bits per heavy atom. The molecule has 4 nitrogen and oxygen atoms in total. The van der Waals surface area contributed by atoms with Crippen molar-refractivity contribution in [2.45, 2.75) is 38.5 Å². The van der Waals surface area contributed by atoms with Crippen molar-refractivity contribution in [1.29, 1.82) is 0 Å². The van der Waals surface area contributed by atoms with E-state index in [1.165, 1.54) is 16.8 Å². The Bertz CT molecular complexity index is 764. The lowest BCUT2D eigenvalue weighted by atomic mass is 10.1. The van der Waals surface area contributed by atoms with Gasteiger partial charge in [-0.15, -0.1) is 0 Å². The van der Waals surface area contributed by atoms with E-state index >= 15 is 0 Å². The lowest BCUT2D eigenvalue weighted by Crippen LogP contribution is -2.27. The Labute approximate surface area is 129 Å². The van der Waals surface area contributed by atoms with Gasteiger partial charge < -0.3 is 0 Å². The minimum atomic E-state index is -4.49. The molecule has 0 fully saturated rings. The molecule has 0 unspecified atom stereocenters. The number of hydrogen-bond acceptors (Lipinski definition) is 2. The van der Waals surface area contributed by atoms with E-state index in [1.807, 2.05) is 0 Å². The number of aromatic nitrogens is 3. The van der Waals surface area contributed by atoms with Crippen molar-refractivity contribution in [3.8, 4) is 0 Å². The summed E-state index contributed by atoms with van der Waals surface area (Å²) in [5.41, 5.74) is -0.601. The molecule has 0 aliphatic carbocycles. The number of fused-ring (bicyclic) bond motifs is 1. The molecule has 0 spiro atoms. The van der Waals surface area contributed by atoms with Crippen molar-refractivity contribution in [3.05, 3.63) is 50.7 Å². The molecule has 3 rings (SSSR count). The molecule has 0 amide bonds. The second-order valence-electron chi connectivity index (χ2n) is 5.28. The monoisotopic (exact) mass is 331 g/mol. The quantitative estimate of drug-likeness (QED) is 0.848. The first-order valence-corrected chi connectivity index (χ1v) is 7.26. The summed E-state index contributed by atoms with van der Waals surface area (Å²) in [7, 11) is 0. The molecule has 0 radical (unpaired) electrons. The smallest absolute Gasteiger partial charge is 0.279 e. The molecule has 0 saturated carbocycles. The Kier molecular flexibility index (Phi) is 3.76. The van der Waals surface area contributed by atoms with Gasteiger partial charge in [0.1, 0.15) is 5.82 Å². The minimum Gasteiger partial charge on any atom is -0.279 e. The molecule has 2 heterocycles. The molecule has 1 aliphatic rings. The lowest BCUT2D eigenvalue weighted by Gasteiger charge is -2.10. The van der Waals surface area contributed by atoms with E-state index in [1.54, 1.807) is 4.57 Å². The van der Waals surface area contributed by atoms with Crippen LogP contribution in [-0.2, 0) is 25.7 Å². The van der Waals surface area contributed by atoms with Crippen LogP contribution in [0.3, 0.4) is 0 Å². The van der Waals surface area contributed by atoms with Gasteiger partial charge in [-0.2, -0.15) is 18.3 Å². The first-order chi connectivity index (χ1) is 10.4. The third-order valence-corrected chi connectivity index (χ3v) is 4.02. The first kappa shape index (κ1) is 15.1. The van der Waals surface area contributed by atoms with Gasteiger partial charge >= 0.3 is 11.9 Å². The highest BCUT2D eigenvalue weighted by Gasteiger charge is 2.33. The molecule has 0 saturated heterocycles. The van der Waals surface area contributed by atoms with Crippen molar-refractivity contribution in [1.82, 2.24) is 14.3 Å². The molecular weight excluding hydrogens is 319 g/mol. The zero-order valence-corrected chi connectivity index (χ0v) is 12.3. The van der Waals surface area contributed by atoms with Crippen LogP contribution in [-0.4, -0.2) is 14.3 Å². The lowest BCUT2D eigenvalue weighted by molar-refractivity contribution is -0.137. The van der Waals surface area contributed by atoms with Crippen LogP contribution < -0.4 is 5.69 Å². The van der Waals surface area contributed by atoms with Crippen molar-refractivity contribution in [2.75, 3.05) is 0 Å². The first-order valence-electron chi connectivity index (χ1n) is 6.88. The van der Waals surface area contributed by atoms with Gasteiger partial charge in [0.15, 0.2) is 0 Å². The standard InChI is InChI=1S/C14H13ClF3N3O/c15-11-7-9(4-5-10(11)14(16,17)18)8-21-13(22)20-6-2-1-3-12(20)19-21/h4-5,7H,1-3,6,8H2. The van der Waals surface area contributed by atoms with E-state index < -0.39 is 11.7 Å². The van der Waals surface area contributed by atoms with Gasteiger partial charge in [-0.3, -0.25) is 4.57 Å². The van der Waals surface area contributed by atoms with Gasteiger partial charge in [-0.25, -0.2) is 9.48 Å². The third-order valence-electron chi connectivity index (χ3n) is 3.70. The average Bonchev–Trinajstić information content (AvgIpc) is 2.75. The fourth-order valence-electron chi connectivity index (χ4n) is 2.61. The summed E-state index contributed by atoms with van der Waals surface area (Å²) in [6.07, 6.45) is -1.82. The molecule has 0 bridgehead atoms. The van der Waals surface area contributed by atoms with Crippen LogP contribution in [0.1, 0.15) is 29.8 Å². The molecule has 0 N–H and O–H groups in total. The van der Waals surface area contributed by atoms with Crippen molar-refractivity contribution in [3.63, 3.8) is 0 Å². The molecule has 8 heteroatoms.